The van der Waals surface area contributed by atoms with Gasteiger partial charge in [0.1, 0.15) is 10.7 Å². The smallest absolute Gasteiger partial charge is 0.144 e. The predicted octanol–water partition coefficient (Wildman–Crippen LogP) is 6.04. The van der Waals surface area contributed by atoms with Crippen LogP contribution < -0.4 is 0 Å². The average Bonchev–Trinajstić information content (AvgIpc) is 3.35. The molecule has 0 amide bonds. The van der Waals surface area contributed by atoms with E-state index in [0.29, 0.717) is 0 Å². The summed E-state index contributed by atoms with van der Waals surface area (Å²) in [7, 11) is 0. The van der Waals surface area contributed by atoms with Gasteiger partial charge in [-0.3, -0.25) is 9.97 Å². The molecular formula is C24H24N4S. The molecule has 4 rings (SSSR count). The molecule has 4 aromatic rings. The molecule has 0 atom stereocenters. The Kier molecular flexibility index (Phi) is 5.67. The Morgan fingerprint density at radius 1 is 1.14 bits per heavy atom. The molecule has 0 aliphatic heterocycles. The lowest BCUT2D eigenvalue weighted by Crippen LogP contribution is -2.02. The third kappa shape index (κ3) is 4.05. The zero-order chi connectivity index (χ0) is 20.2. The van der Waals surface area contributed by atoms with Crippen LogP contribution in [0.25, 0.3) is 27.7 Å². The summed E-state index contributed by atoms with van der Waals surface area (Å²) in [6, 6.07) is 12.7. The molecule has 0 fully saturated rings. The predicted molar refractivity (Wildman–Crippen MR) is 121 cm³/mol. The van der Waals surface area contributed by atoms with Crippen molar-refractivity contribution in [1.29, 1.82) is 0 Å². The first-order valence-corrected chi connectivity index (χ1v) is 10.7. The number of hydrogen-bond acceptors (Lipinski definition) is 4. The zero-order valence-electron chi connectivity index (χ0n) is 16.8. The van der Waals surface area contributed by atoms with Crippen LogP contribution in [0.1, 0.15) is 30.2 Å². The molecule has 0 saturated heterocycles. The summed E-state index contributed by atoms with van der Waals surface area (Å²) in [5.41, 5.74) is 7.80. The Hall–Kier alpha value is -3.05. The van der Waals surface area contributed by atoms with E-state index < -0.39 is 0 Å². The Labute approximate surface area is 175 Å². The molecule has 0 N–H and O–H groups in total. The van der Waals surface area contributed by atoms with Crippen molar-refractivity contribution in [3.8, 4) is 22.1 Å². The highest BCUT2D eigenvalue weighted by atomic mass is 32.1. The summed E-state index contributed by atoms with van der Waals surface area (Å²) < 4.78 is 2.36. The van der Waals surface area contributed by atoms with Crippen molar-refractivity contribution in [2.75, 3.05) is 0 Å². The van der Waals surface area contributed by atoms with Crippen LogP contribution in [0.4, 0.5) is 0 Å². The van der Waals surface area contributed by atoms with Gasteiger partial charge >= 0.3 is 0 Å². The maximum atomic E-state index is 4.86. The van der Waals surface area contributed by atoms with Crippen molar-refractivity contribution < 1.29 is 0 Å². The molecule has 0 unspecified atom stereocenters. The second-order valence-electron chi connectivity index (χ2n) is 7.07. The third-order valence-corrected chi connectivity index (χ3v) is 5.87. The van der Waals surface area contributed by atoms with Gasteiger partial charge in [-0.05, 0) is 42.5 Å². The van der Waals surface area contributed by atoms with Crippen molar-refractivity contribution >= 4 is 16.9 Å². The van der Waals surface area contributed by atoms with E-state index in [9.17, 15) is 0 Å². The van der Waals surface area contributed by atoms with Gasteiger partial charge in [-0.2, -0.15) is 0 Å². The zero-order valence-corrected chi connectivity index (χ0v) is 17.6. The lowest BCUT2D eigenvalue weighted by atomic mass is 10.00. The van der Waals surface area contributed by atoms with Crippen molar-refractivity contribution in [3.63, 3.8) is 0 Å². The first-order chi connectivity index (χ1) is 14.2. The van der Waals surface area contributed by atoms with Crippen molar-refractivity contribution in [2.45, 2.75) is 33.2 Å². The van der Waals surface area contributed by atoms with Gasteiger partial charge < -0.3 is 4.57 Å². The number of allylic oxidation sites excluding steroid dienone is 1. The summed E-state index contributed by atoms with van der Waals surface area (Å²) >= 11 is 1.60. The van der Waals surface area contributed by atoms with Crippen molar-refractivity contribution in [3.05, 3.63) is 83.8 Å². The monoisotopic (exact) mass is 400 g/mol. The molecule has 4 nitrogen and oxygen atoms in total. The fourth-order valence-corrected chi connectivity index (χ4v) is 4.36. The maximum absolute atomic E-state index is 4.86. The molecule has 0 spiro atoms. The number of benzene rings is 1. The summed E-state index contributed by atoms with van der Waals surface area (Å²) in [5.74, 6) is 0. The molecule has 0 bridgehead atoms. The molecule has 0 aliphatic carbocycles. The number of aromatic nitrogens is 4. The van der Waals surface area contributed by atoms with Crippen molar-refractivity contribution in [2.24, 2.45) is 0 Å². The highest BCUT2D eigenvalue weighted by Gasteiger charge is 2.18. The number of rotatable bonds is 7. The second-order valence-corrected chi connectivity index (χ2v) is 7.93. The quantitative estimate of drug-likeness (QED) is 0.380. The van der Waals surface area contributed by atoms with E-state index in [2.05, 4.69) is 70.7 Å². The van der Waals surface area contributed by atoms with Gasteiger partial charge in [-0.25, -0.2) is 4.98 Å². The minimum atomic E-state index is 0.808. The van der Waals surface area contributed by atoms with E-state index in [1.807, 2.05) is 6.07 Å². The lowest BCUT2D eigenvalue weighted by molar-refractivity contribution is 0.670. The Balaban J connectivity index is 1.69. The molecule has 0 saturated carbocycles. The third-order valence-electron chi connectivity index (χ3n) is 5.00. The van der Waals surface area contributed by atoms with Crippen molar-refractivity contribution in [1.82, 2.24) is 19.5 Å². The highest BCUT2D eigenvalue weighted by Crippen LogP contribution is 2.33. The van der Waals surface area contributed by atoms with Gasteiger partial charge in [0.05, 0.1) is 17.6 Å². The van der Waals surface area contributed by atoms with E-state index in [4.69, 9.17) is 4.98 Å². The Morgan fingerprint density at radius 2 is 1.97 bits per heavy atom. The van der Waals surface area contributed by atoms with E-state index in [1.54, 1.807) is 29.9 Å². The second kappa shape index (κ2) is 8.53. The Morgan fingerprint density at radius 3 is 2.69 bits per heavy atom. The molecule has 0 radical (unpaired) electrons. The van der Waals surface area contributed by atoms with E-state index in [-0.39, 0.29) is 0 Å². The first-order valence-electron chi connectivity index (χ1n) is 9.82. The summed E-state index contributed by atoms with van der Waals surface area (Å²) in [5, 5.41) is 2.99. The summed E-state index contributed by atoms with van der Waals surface area (Å²) in [6.07, 6.45) is 7.05. The largest absolute Gasteiger partial charge is 0.343 e. The summed E-state index contributed by atoms with van der Waals surface area (Å²) in [6.45, 7) is 9.73. The van der Waals surface area contributed by atoms with Crippen LogP contribution in [0.5, 0.6) is 0 Å². The number of nitrogens with zero attached hydrogens (tertiary/aromatic N) is 4. The van der Waals surface area contributed by atoms with Gasteiger partial charge in [0, 0.05) is 30.0 Å². The fraction of sp³-hybridized carbons (Fsp3) is 0.208. The summed E-state index contributed by atoms with van der Waals surface area (Å²) in [4.78, 5) is 13.4. The van der Waals surface area contributed by atoms with Crippen LogP contribution in [0.2, 0.25) is 0 Å². The van der Waals surface area contributed by atoms with Gasteiger partial charge in [0.15, 0.2) is 0 Å². The van der Waals surface area contributed by atoms with Gasteiger partial charge in [-0.1, -0.05) is 43.8 Å². The van der Waals surface area contributed by atoms with E-state index >= 15 is 0 Å². The first kappa shape index (κ1) is 19.3. The molecule has 0 aliphatic rings. The molecule has 1 aromatic carbocycles. The minimum absolute atomic E-state index is 0.808. The van der Waals surface area contributed by atoms with Gasteiger partial charge in [0.25, 0.3) is 0 Å². The van der Waals surface area contributed by atoms with Gasteiger partial charge in [0.2, 0.25) is 0 Å². The van der Waals surface area contributed by atoms with Crippen LogP contribution in [-0.2, 0) is 13.0 Å². The average molecular weight is 401 g/mol. The van der Waals surface area contributed by atoms with Crippen LogP contribution in [-0.4, -0.2) is 19.5 Å². The fourth-order valence-electron chi connectivity index (χ4n) is 3.58. The molecule has 29 heavy (non-hydrogen) atoms. The van der Waals surface area contributed by atoms with Crippen LogP contribution >= 0.6 is 11.3 Å². The normalized spacial score (nSPS) is 11.0. The van der Waals surface area contributed by atoms with E-state index in [1.165, 1.54) is 16.8 Å². The van der Waals surface area contributed by atoms with Crippen LogP contribution in [0, 0.1) is 6.92 Å². The molecule has 3 heterocycles. The van der Waals surface area contributed by atoms with Crippen LogP contribution in [0.15, 0.2) is 66.9 Å². The SMILES string of the molecule is C=C(Cc1ccccc1)c1cc(-c2csc(-c3cnccn3)n2)n(CCC)c1C. The minimum Gasteiger partial charge on any atom is -0.343 e. The molecule has 3 aromatic heterocycles. The highest BCUT2D eigenvalue weighted by molar-refractivity contribution is 7.13. The number of hydrogen-bond donors (Lipinski definition) is 0. The number of thiazole rings is 1. The van der Waals surface area contributed by atoms with Crippen LogP contribution in [0.3, 0.4) is 0 Å². The standard InChI is InChI=1S/C24H24N4S/c1-4-12-28-18(3)20(17(2)13-19-8-6-5-7-9-19)14-23(28)22-16-29-24(27-22)21-15-25-10-11-26-21/h5-11,14-16H,2,4,12-13H2,1,3H3. The molecular weight excluding hydrogens is 376 g/mol. The Bertz CT molecular complexity index is 1110. The maximum Gasteiger partial charge on any atom is 0.144 e. The molecule has 5 heteroatoms. The molecule has 146 valence electrons. The van der Waals surface area contributed by atoms with Gasteiger partial charge in [-0.15, -0.1) is 11.3 Å². The topological polar surface area (TPSA) is 43.6 Å². The van der Waals surface area contributed by atoms with E-state index in [0.717, 1.165) is 47.0 Å². The lowest BCUT2D eigenvalue weighted by Gasteiger charge is -2.10.